The van der Waals surface area contributed by atoms with E-state index in [0.29, 0.717) is 17.8 Å². The molecule has 108 valence electrons. The third-order valence-electron chi connectivity index (χ3n) is 2.91. The van der Waals surface area contributed by atoms with Crippen LogP contribution in [0.4, 0.5) is 0 Å². The van der Waals surface area contributed by atoms with Crippen LogP contribution in [0.5, 0.6) is 11.5 Å². The molecule has 2 rings (SSSR count). The summed E-state index contributed by atoms with van der Waals surface area (Å²) < 4.78 is 15.8. The fraction of sp³-hybridized carbons (Fsp3) is 0.429. The van der Waals surface area contributed by atoms with Gasteiger partial charge in [0, 0.05) is 12.5 Å². The Kier molecular flexibility index (Phi) is 4.95. The number of likely N-dealkylation sites (N-methyl/N-ethyl adjacent to an activating group) is 1. The first-order valence-corrected chi connectivity index (χ1v) is 6.47. The second kappa shape index (κ2) is 6.91. The number of nitrogens with one attached hydrogen (secondary N) is 1. The molecule has 0 fully saturated rings. The third kappa shape index (κ3) is 3.96. The largest absolute Gasteiger partial charge is 0.497 e. The molecule has 2 aromatic rings. The normalized spacial score (nSPS) is 12.2. The summed E-state index contributed by atoms with van der Waals surface area (Å²) in [4.78, 5) is 4.28. The molecule has 0 aliphatic rings. The maximum atomic E-state index is 5.57. The van der Waals surface area contributed by atoms with Crippen LogP contribution in [0, 0.1) is 0 Å². The minimum absolute atomic E-state index is 0.257. The molecule has 0 spiro atoms. The molecule has 1 N–H and O–H groups in total. The Morgan fingerprint density at radius 3 is 2.60 bits per heavy atom. The van der Waals surface area contributed by atoms with Gasteiger partial charge in [0.15, 0.2) is 12.4 Å². The van der Waals surface area contributed by atoms with E-state index in [-0.39, 0.29) is 6.61 Å². The zero-order chi connectivity index (χ0) is 14.4. The van der Waals surface area contributed by atoms with E-state index in [9.17, 15) is 0 Å². The van der Waals surface area contributed by atoms with Gasteiger partial charge in [-0.2, -0.15) is 4.98 Å². The van der Waals surface area contributed by atoms with Crippen LogP contribution >= 0.6 is 0 Å². The Labute approximate surface area is 118 Å². The molecule has 20 heavy (non-hydrogen) atoms. The van der Waals surface area contributed by atoms with Gasteiger partial charge in [0.05, 0.1) is 7.11 Å². The van der Waals surface area contributed by atoms with Gasteiger partial charge in [-0.05, 0) is 38.2 Å². The van der Waals surface area contributed by atoms with Crippen LogP contribution < -0.4 is 14.8 Å². The lowest BCUT2D eigenvalue weighted by molar-refractivity contribution is 0.242. The third-order valence-corrected chi connectivity index (χ3v) is 2.91. The molecule has 0 bridgehead atoms. The van der Waals surface area contributed by atoms with Gasteiger partial charge in [0.25, 0.3) is 5.89 Å². The summed E-state index contributed by atoms with van der Waals surface area (Å²) in [7, 11) is 3.53. The van der Waals surface area contributed by atoms with E-state index >= 15 is 0 Å². The van der Waals surface area contributed by atoms with Crippen molar-refractivity contribution in [1.82, 2.24) is 15.5 Å². The van der Waals surface area contributed by atoms with Crippen molar-refractivity contribution in [3.63, 3.8) is 0 Å². The fourth-order valence-electron chi connectivity index (χ4n) is 1.62. The van der Waals surface area contributed by atoms with Crippen molar-refractivity contribution in [3.8, 4) is 11.5 Å². The summed E-state index contributed by atoms with van der Waals surface area (Å²) in [5.74, 6) is 2.67. The molecule has 0 aliphatic heterocycles. The number of hydrogen-bond donors (Lipinski definition) is 1. The van der Waals surface area contributed by atoms with E-state index in [2.05, 4.69) is 22.4 Å². The number of nitrogens with zero attached hydrogens (tertiary/aromatic N) is 2. The lowest BCUT2D eigenvalue weighted by atomic mass is 10.2. The van der Waals surface area contributed by atoms with Gasteiger partial charge in [0.1, 0.15) is 11.5 Å². The van der Waals surface area contributed by atoms with Crippen molar-refractivity contribution < 1.29 is 14.0 Å². The highest BCUT2D eigenvalue weighted by atomic mass is 16.5. The molecule has 1 atom stereocenters. The van der Waals surface area contributed by atoms with Crippen LogP contribution in [0.2, 0.25) is 0 Å². The molecule has 1 unspecified atom stereocenters. The molecule has 0 aliphatic carbocycles. The second-order valence-corrected chi connectivity index (χ2v) is 4.46. The molecule has 1 heterocycles. The Morgan fingerprint density at radius 1 is 1.25 bits per heavy atom. The Balaban J connectivity index is 1.87. The van der Waals surface area contributed by atoms with Crippen molar-refractivity contribution in [2.75, 3.05) is 14.2 Å². The first-order valence-electron chi connectivity index (χ1n) is 6.47. The average Bonchev–Trinajstić information content (AvgIpc) is 2.93. The molecule has 0 amide bonds. The molecule has 6 nitrogen and oxygen atoms in total. The van der Waals surface area contributed by atoms with Gasteiger partial charge in [-0.1, -0.05) is 5.16 Å². The van der Waals surface area contributed by atoms with Gasteiger partial charge >= 0.3 is 0 Å². The first-order chi connectivity index (χ1) is 9.71. The predicted molar refractivity (Wildman–Crippen MR) is 73.8 cm³/mol. The van der Waals surface area contributed by atoms with Crippen molar-refractivity contribution in [2.45, 2.75) is 26.0 Å². The quantitative estimate of drug-likeness (QED) is 0.832. The number of methoxy groups -OCH3 is 1. The molecule has 0 radical (unpaired) electrons. The summed E-state index contributed by atoms with van der Waals surface area (Å²) in [6, 6.07) is 7.65. The number of hydrogen-bond acceptors (Lipinski definition) is 6. The molecule has 1 aromatic carbocycles. The van der Waals surface area contributed by atoms with Gasteiger partial charge in [0.2, 0.25) is 0 Å². The Morgan fingerprint density at radius 2 is 1.95 bits per heavy atom. The summed E-state index contributed by atoms with van der Waals surface area (Å²) >= 11 is 0. The zero-order valence-corrected chi connectivity index (χ0v) is 11.9. The van der Waals surface area contributed by atoms with E-state index in [4.69, 9.17) is 14.0 Å². The summed E-state index contributed by atoms with van der Waals surface area (Å²) in [5, 5.41) is 7.04. The van der Waals surface area contributed by atoms with E-state index in [1.807, 2.05) is 31.3 Å². The second-order valence-electron chi connectivity index (χ2n) is 4.46. The van der Waals surface area contributed by atoms with Crippen LogP contribution in [-0.4, -0.2) is 30.3 Å². The number of rotatable bonds is 7. The molecule has 0 saturated carbocycles. The molecule has 6 heteroatoms. The van der Waals surface area contributed by atoms with Crippen molar-refractivity contribution in [1.29, 1.82) is 0 Å². The first kappa shape index (κ1) is 14.3. The molecule has 0 saturated heterocycles. The maximum Gasteiger partial charge on any atom is 0.264 e. The maximum absolute atomic E-state index is 5.57. The van der Waals surface area contributed by atoms with Crippen molar-refractivity contribution in [3.05, 3.63) is 36.0 Å². The summed E-state index contributed by atoms with van der Waals surface area (Å²) in [5.41, 5.74) is 0. The SMILES string of the molecule is CNC(C)Cc1noc(COc2ccc(OC)cc2)n1. The van der Waals surface area contributed by atoms with Crippen LogP contribution in [0.1, 0.15) is 18.6 Å². The van der Waals surface area contributed by atoms with Crippen LogP contribution in [0.15, 0.2) is 28.8 Å². The van der Waals surface area contributed by atoms with Crippen LogP contribution in [0.25, 0.3) is 0 Å². The van der Waals surface area contributed by atoms with Gasteiger partial charge in [-0.25, -0.2) is 0 Å². The fourth-order valence-corrected chi connectivity index (χ4v) is 1.62. The molecule has 1 aromatic heterocycles. The van der Waals surface area contributed by atoms with Gasteiger partial charge in [-0.15, -0.1) is 0 Å². The Hall–Kier alpha value is -2.08. The summed E-state index contributed by atoms with van der Waals surface area (Å²) in [6.45, 7) is 2.32. The number of aromatic nitrogens is 2. The highest BCUT2D eigenvalue weighted by Crippen LogP contribution is 2.17. The lowest BCUT2D eigenvalue weighted by Crippen LogP contribution is -2.24. The number of ether oxygens (including phenoxy) is 2. The van der Waals surface area contributed by atoms with Gasteiger partial charge < -0.3 is 19.3 Å². The monoisotopic (exact) mass is 277 g/mol. The van der Waals surface area contributed by atoms with E-state index in [0.717, 1.165) is 17.9 Å². The smallest absolute Gasteiger partial charge is 0.264 e. The molecular weight excluding hydrogens is 258 g/mol. The zero-order valence-electron chi connectivity index (χ0n) is 11.9. The van der Waals surface area contributed by atoms with Crippen LogP contribution in [-0.2, 0) is 13.0 Å². The highest BCUT2D eigenvalue weighted by molar-refractivity contribution is 5.31. The Bertz CT molecular complexity index is 525. The minimum Gasteiger partial charge on any atom is -0.497 e. The van der Waals surface area contributed by atoms with Crippen molar-refractivity contribution in [2.24, 2.45) is 0 Å². The van der Waals surface area contributed by atoms with Crippen LogP contribution in [0.3, 0.4) is 0 Å². The minimum atomic E-state index is 0.257. The average molecular weight is 277 g/mol. The van der Waals surface area contributed by atoms with E-state index in [1.54, 1.807) is 7.11 Å². The predicted octanol–water partition coefficient (Wildman–Crippen LogP) is 1.81. The highest BCUT2D eigenvalue weighted by Gasteiger charge is 2.09. The summed E-state index contributed by atoms with van der Waals surface area (Å²) in [6.07, 6.45) is 0.725. The number of benzene rings is 1. The topological polar surface area (TPSA) is 69.4 Å². The van der Waals surface area contributed by atoms with E-state index < -0.39 is 0 Å². The molecular formula is C14H19N3O3. The van der Waals surface area contributed by atoms with E-state index in [1.165, 1.54) is 0 Å². The lowest BCUT2D eigenvalue weighted by Gasteiger charge is -2.05. The van der Waals surface area contributed by atoms with Gasteiger partial charge in [-0.3, -0.25) is 0 Å². The standard InChI is InChI=1S/C14H19N3O3/c1-10(15-2)8-13-16-14(20-17-13)9-19-12-6-4-11(18-3)5-7-12/h4-7,10,15H,8-9H2,1-3H3. The van der Waals surface area contributed by atoms with Crippen molar-refractivity contribution >= 4 is 0 Å².